The molecule has 3 rings (SSSR count). The van der Waals surface area contributed by atoms with Crippen LogP contribution in [0, 0.1) is 0 Å². The Kier molecular flexibility index (Phi) is 6.35. The van der Waals surface area contributed by atoms with E-state index in [1.807, 2.05) is 67.6 Å². The van der Waals surface area contributed by atoms with Crippen LogP contribution in [0.15, 0.2) is 67.0 Å². The number of carbonyl (C=O) groups is 1. The average molecular weight is 362 g/mol. The van der Waals surface area contributed by atoms with Gasteiger partial charge in [0.25, 0.3) is 0 Å². The van der Waals surface area contributed by atoms with Gasteiger partial charge in [0.1, 0.15) is 12.1 Å². The second kappa shape index (κ2) is 9.33. The fraction of sp³-hybridized carbons (Fsp3) is 0.190. The quantitative estimate of drug-likeness (QED) is 0.562. The van der Waals surface area contributed by atoms with Crippen molar-refractivity contribution in [3.63, 3.8) is 0 Å². The molecule has 1 heterocycles. The molecule has 1 aromatic heterocycles. The molecule has 0 aliphatic heterocycles. The van der Waals surface area contributed by atoms with Crippen molar-refractivity contribution in [1.29, 1.82) is 0 Å². The molecule has 0 unspecified atom stereocenters. The largest absolute Gasteiger partial charge is 0.449 e. The van der Waals surface area contributed by atoms with Gasteiger partial charge >= 0.3 is 6.09 Å². The molecule has 3 aromatic rings. The molecule has 0 saturated carbocycles. The summed E-state index contributed by atoms with van der Waals surface area (Å²) in [6.45, 7) is 2.48. The number of aromatic nitrogens is 2. The number of rotatable bonds is 7. The molecule has 2 N–H and O–H groups in total. The zero-order valence-corrected chi connectivity index (χ0v) is 15.2. The topological polar surface area (TPSA) is 76.1 Å². The van der Waals surface area contributed by atoms with E-state index in [9.17, 15) is 4.79 Å². The number of hydrogen-bond donors (Lipinski definition) is 2. The zero-order chi connectivity index (χ0) is 18.9. The van der Waals surface area contributed by atoms with E-state index in [4.69, 9.17) is 4.74 Å². The normalized spacial score (nSPS) is 10.3. The van der Waals surface area contributed by atoms with Crippen molar-refractivity contribution in [3.05, 3.63) is 67.0 Å². The van der Waals surface area contributed by atoms with E-state index in [0.717, 1.165) is 29.8 Å². The lowest BCUT2D eigenvalue weighted by atomic mass is 10.1. The number of unbranched alkanes of at least 4 members (excludes halogenated alkanes) is 1. The first-order valence-corrected chi connectivity index (χ1v) is 8.93. The molecule has 6 heteroatoms. The van der Waals surface area contributed by atoms with Gasteiger partial charge in [0, 0.05) is 23.0 Å². The molecule has 27 heavy (non-hydrogen) atoms. The molecule has 0 atom stereocenters. The highest BCUT2D eigenvalue weighted by Gasteiger charge is 2.04. The lowest BCUT2D eigenvalue weighted by Gasteiger charge is -2.09. The van der Waals surface area contributed by atoms with E-state index in [0.29, 0.717) is 18.1 Å². The van der Waals surface area contributed by atoms with Gasteiger partial charge in [-0.3, -0.25) is 5.32 Å². The summed E-state index contributed by atoms with van der Waals surface area (Å²) in [6, 6.07) is 19.2. The molecule has 0 aliphatic rings. The van der Waals surface area contributed by atoms with Crippen LogP contribution < -0.4 is 10.6 Å². The number of anilines is 3. The second-order valence-corrected chi connectivity index (χ2v) is 5.97. The van der Waals surface area contributed by atoms with Gasteiger partial charge in [0.2, 0.25) is 0 Å². The Morgan fingerprint density at radius 1 is 1.00 bits per heavy atom. The Bertz CT molecular complexity index is 867. The lowest BCUT2D eigenvalue weighted by Crippen LogP contribution is -2.14. The summed E-state index contributed by atoms with van der Waals surface area (Å²) in [5.41, 5.74) is 3.41. The molecule has 0 fully saturated rings. The van der Waals surface area contributed by atoms with Crippen molar-refractivity contribution in [2.75, 3.05) is 17.2 Å². The van der Waals surface area contributed by atoms with Crippen LogP contribution >= 0.6 is 0 Å². The number of nitrogens with zero attached hydrogens (tertiary/aromatic N) is 2. The highest BCUT2D eigenvalue weighted by atomic mass is 16.5. The second-order valence-electron chi connectivity index (χ2n) is 5.97. The molecule has 1 amide bonds. The van der Waals surface area contributed by atoms with E-state index in [1.165, 1.54) is 6.33 Å². The molecule has 6 nitrogen and oxygen atoms in total. The first-order chi connectivity index (χ1) is 13.2. The van der Waals surface area contributed by atoms with E-state index in [-0.39, 0.29) is 0 Å². The third kappa shape index (κ3) is 5.54. The fourth-order valence-electron chi connectivity index (χ4n) is 2.44. The maximum Gasteiger partial charge on any atom is 0.411 e. The van der Waals surface area contributed by atoms with Crippen molar-refractivity contribution < 1.29 is 9.53 Å². The first-order valence-electron chi connectivity index (χ1n) is 8.93. The Hall–Kier alpha value is -3.41. The van der Waals surface area contributed by atoms with Crippen LogP contribution in [0.5, 0.6) is 0 Å². The zero-order valence-electron chi connectivity index (χ0n) is 15.2. The van der Waals surface area contributed by atoms with Gasteiger partial charge in [-0.2, -0.15) is 0 Å². The maximum absolute atomic E-state index is 11.7. The van der Waals surface area contributed by atoms with Gasteiger partial charge in [-0.25, -0.2) is 14.8 Å². The third-order valence-corrected chi connectivity index (χ3v) is 3.87. The predicted octanol–water partition coefficient (Wildman–Crippen LogP) is 5.24. The van der Waals surface area contributed by atoms with Crippen molar-refractivity contribution in [1.82, 2.24) is 9.97 Å². The smallest absolute Gasteiger partial charge is 0.411 e. The van der Waals surface area contributed by atoms with Crippen molar-refractivity contribution in [3.8, 4) is 11.3 Å². The highest BCUT2D eigenvalue weighted by molar-refractivity contribution is 5.85. The summed E-state index contributed by atoms with van der Waals surface area (Å²) in [5, 5.41) is 5.95. The summed E-state index contributed by atoms with van der Waals surface area (Å²) in [6.07, 6.45) is 2.95. The van der Waals surface area contributed by atoms with Crippen molar-refractivity contribution >= 4 is 23.3 Å². The minimum absolute atomic E-state index is 0.430. The molecule has 0 spiro atoms. The molecule has 0 radical (unpaired) electrons. The van der Waals surface area contributed by atoms with Crippen LogP contribution in [-0.4, -0.2) is 22.7 Å². The minimum atomic E-state index is -0.438. The van der Waals surface area contributed by atoms with Crippen LogP contribution in [0.3, 0.4) is 0 Å². The van der Waals surface area contributed by atoms with Crippen LogP contribution in [0.25, 0.3) is 11.3 Å². The minimum Gasteiger partial charge on any atom is -0.449 e. The van der Waals surface area contributed by atoms with Crippen molar-refractivity contribution in [2.24, 2.45) is 0 Å². The van der Waals surface area contributed by atoms with Gasteiger partial charge in [-0.05, 0) is 30.7 Å². The van der Waals surface area contributed by atoms with E-state index >= 15 is 0 Å². The average Bonchev–Trinajstić information content (AvgIpc) is 2.71. The first kappa shape index (κ1) is 18.4. The Balaban J connectivity index is 1.61. The van der Waals surface area contributed by atoms with Crippen LogP contribution in [0.2, 0.25) is 0 Å². The van der Waals surface area contributed by atoms with Gasteiger partial charge in [0.05, 0.1) is 12.3 Å². The van der Waals surface area contributed by atoms with Gasteiger partial charge < -0.3 is 10.1 Å². The summed E-state index contributed by atoms with van der Waals surface area (Å²) >= 11 is 0. The van der Waals surface area contributed by atoms with Crippen LogP contribution in [0.4, 0.5) is 22.0 Å². The maximum atomic E-state index is 11.7. The fourth-order valence-corrected chi connectivity index (χ4v) is 2.44. The van der Waals surface area contributed by atoms with Crippen molar-refractivity contribution in [2.45, 2.75) is 19.8 Å². The summed E-state index contributed by atoms with van der Waals surface area (Å²) in [5.74, 6) is 0.698. The molecular formula is C21H22N4O2. The number of amides is 1. The number of carbonyl (C=O) groups excluding carboxylic acids is 1. The molecule has 138 valence electrons. The molecule has 2 aromatic carbocycles. The van der Waals surface area contributed by atoms with Gasteiger partial charge in [-0.1, -0.05) is 43.7 Å². The molecular weight excluding hydrogens is 340 g/mol. The molecule has 0 aliphatic carbocycles. The monoisotopic (exact) mass is 362 g/mol. The highest BCUT2D eigenvalue weighted by Crippen LogP contribution is 2.21. The summed E-state index contributed by atoms with van der Waals surface area (Å²) in [7, 11) is 0. The predicted molar refractivity (Wildman–Crippen MR) is 107 cm³/mol. The summed E-state index contributed by atoms with van der Waals surface area (Å²) in [4.78, 5) is 20.2. The number of benzene rings is 2. The summed E-state index contributed by atoms with van der Waals surface area (Å²) < 4.78 is 5.08. The van der Waals surface area contributed by atoms with Crippen LogP contribution in [0.1, 0.15) is 19.8 Å². The molecule has 0 saturated heterocycles. The number of hydrogen-bond acceptors (Lipinski definition) is 5. The van der Waals surface area contributed by atoms with Gasteiger partial charge in [0.15, 0.2) is 0 Å². The SMILES string of the molecule is CCCCOC(=O)Nc1ccc(Nc2cc(-c3ccccc3)ncn2)cc1. The lowest BCUT2D eigenvalue weighted by molar-refractivity contribution is 0.160. The number of nitrogens with one attached hydrogen (secondary N) is 2. The van der Waals surface area contributed by atoms with Gasteiger partial charge in [-0.15, -0.1) is 0 Å². The van der Waals surface area contributed by atoms with E-state index < -0.39 is 6.09 Å². The Labute approximate surface area is 158 Å². The Morgan fingerprint density at radius 3 is 2.48 bits per heavy atom. The van der Waals surface area contributed by atoms with Crippen LogP contribution in [-0.2, 0) is 4.74 Å². The molecule has 0 bridgehead atoms. The van der Waals surface area contributed by atoms with E-state index in [2.05, 4.69) is 20.6 Å². The van der Waals surface area contributed by atoms with E-state index in [1.54, 1.807) is 0 Å². The third-order valence-electron chi connectivity index (χ3n) is 3.87. The standard InChI is InChI=1S/C21H22N4O2/c1-2-3-13-27-21(26)25-18-11-9-17(10-12-18)24-20-14-19(22-15-23-20)16-7-5-4-6-8-16/h4-12,14-15H,2-3,13H2,1H3,(H,25,26)(H,22,23,24). The number of ether oxygens (including phenoxy) is 1. The Morgan fingerprint density at radius 2 is 1.74 bits per heavy atom.